The van der Waals surface area contributed by atoms with Crippen LogP contribution < -0.4 is 15.4 Å². The molecule has 108 valence electrons. The number of hydrogen-bond acceptors (Lipinski definition) is 6. The predicted octanol–water partition coefficient (Wildman–Crippen LogP) is 2.60. The van der Waals surface area contributed by atoms with Gasteiger partial charge in [-0.15, -0.1) is 0 Å². The quantitative estimate of drug-likeness (QED) is 0.849. The van der Waals surface area contributed by atoms with E-state index in [-0.39, 0.29) is 0 Å². The van der Waals surface area contributed by atoms with E-state index < -0.39 is 0 Å². The van der Waals surface area contributed by atoms with Crippen LogP contribution in [0.3, 0.4) is 0 Å². The summed E-state index contributed by atoms with van der Waals surface area (Å²) in [6.07, 6.45) is 1.76. The van der Waals surface area contributed by atoms with Crippen LogP contribution in [-0.2, 0) is 6.42 Å². The average molecular weight is 292 g/mol. The minimum absolute atomic E-state index is 0.659. The van der Waals surface area contributed by atoms with E-state index in [1.807, 2.05) is 24.3 Å². The number of aryl methyl sites for hydroxylation is 1. The molecule has 1 aromatic carbocycles. The van der Waals surface area contributed by atoms with E-state index in [9.17, 15) is 0 Å². The number of methoxy groups -OCH3 is 1. The first kappa shape index (κ1) is 14.7. The van der Waals surface area contributed by atoms with Gasteiger partial charge in [-0.3, -0.25) is 0 Å². The number of anilines is 2. The van der Waals surface area contributed by atoms with Crippen molar-refractivity contribution in [1.82, 2.24) is 9.36 Å². The van der Waals surface area contributed by atoms with Crippen molar-refractivity contribution < 1.29 is 4.74 Å². The van der Waals surface area contributed by atoms with E-state index in [0.717, 1.165) is 41.8 Å². The maximum absolute atomic E-state index is 5.63. The van der Waals surface area contributed by atoms with Crippen LogP contribution in [-0.4, -0.2) is 29.6 Å². The molecule has 0 radical (unpaired) electrons. The van der Waals surface area contributed by atoms with Crippen molar-refractivity contribution in [3.8, 4) is 5.75 Å². The van der Waals surface area contributed by atoms with Gasteiger partial charge in [0.25, 0.3) is 0 Å². The number of rotatable bonds is 7. The molecule has 0 aliphatic heterocycles. The van der Waals surface area contributed by atoms with E-state index in [1.54, 1.807) is 7.11 Å². The Morgan fingerprint density at radius 3 is 2.60 bits per heavy atom. The van der Waals surface area contributed by atoms with Gasteiger partial charge in [0.15, 0.2) is 0 Å². The zero-order valence-corrected chi connectivity index (χ0v) is 12.7. The Morgan fingerprint density at radius 1 is 1.30 bits per heavy atom. The number of hydrogen-bond donors (Lipinski definition) is 1. The molecule has 0 fully saturated rings. The van der Waals surface area contributed by atoms with Gasteiger partial charge in [0.2, 0.25) is 5.13 Å². The molecule has 2 aromatic rings. The van der Waals surface area contributed by atoms with Gasteiger partial charge in [-0.25, -0.2) is 4.98 Å². The van der Waals surface area contributed by atoms with E-state index in [0.29, 0.717) is 6.54 Å². The average Bonchev–Trinajstić information content (AvgIpc) is 2.97. The van der Waals surface area contributed by atoms with Crippen LogP contribution in [0.5, 0.6) is 5.75 Å². The summed E-state index contributed by atoms with van der Waals surface area (Å²) < 4.78 is 9.55. The van der Waals surface area contributed by atoms with Crippen molar-refractivity contribution >= 4 is 22.4 Å². The lowest BCUT2D eigenvalue weighted by atomic mass is 10.2. The fraction of sp³-hybridized carbons (Fsp3) is 0.429. The van der Waals surface area contributed by atoms with Crippen molar-refractivity contribution in [1.29, 1.82) is 0 Å². The molecule has 5 nitrogen and oxygen atoms in total. The molecule has 0 saturated carbocycles. The van der Waals surface area contributed by atoms with Crippen molar-refractivity contribution in [3.63, 3.8) is 0 Å². The maximum atomic E-state index is 5.63. The predicted molar refractivity (Wildman–Crippen MR) is 83.0 cm³/mol. The van der Waals surface area contributed by atoms with Gasteiger partial charge < -0.3 is 15.4 Å². The first-order valence-corrected chi connectivity index (χ1v) is 7.50. The normalized spacial score (nSPS) is 10.6. The van der Waals surface area contributed by atoms with Gasteiger partial charge in [-0.05, 0) is 37.2 Å². The molecule has 0 unspecified atom stereocenters. The van der Waals surface area contributed by atoms with E-state index in [4.69, 9.17) is 10.5 Å². The maximum Gasteiger partial charge on any atom is 0.209 e. The van der Waals surface area contributed by atoms with Gasteiger partial charge in [0.1, 0.15) is 11.6 Å². The van der Waals surface area contributed by atoms with Crippen LogP contribution in [0.1, 0.15) is 19.2 Å². The van der Waals surface area contributed by atoms with E-state index in [1.165, 1.54) is 11.5 Å². The van der Waals surface area contributed by atoms with E-state index >= 15 is 0 Å². The van der Waals surface area contributed by atoms with Gasteiger partial charge in [0, 0.05) is 30.2 Å². The van der Waals surface area contributed by atoms with Crippen LogP contribution in [0.4, 0.5) is 10.8 Å². The molecule has 0 atom stereocenters. The highest BCUT2D eigenvalue weighted by molar-refractivity contribution is 7.09. The Bertz CT molecular complexity index is 526. The minimum atomic E-state index is 0.659. The molecule has 0 aliphatic rings. The van der Waals surface area contributed by atoms with Crippen molar-refractivity contribution in [2.45, 2.75) is 19.8 Å². The highest BCUT2D eigenvalue weighted by Gasteiger charge is 2.14. The zero-order valence-electron chi connectivity index (χ0n) is 11.9. The minimum Gasteiger partial charge on any atom is -0.497 e. The lowest BCUT2D eigenvalue weighted by molar-refractivity contribution is 0.415. The van der Waals surface area contributed by atoms with Crippen molar-refractivity contribution in [3.05, 3.63) is 30.1 Å². The highest BCUT2D eigenvalue weighted by atomic mass is 32.1. The number of benzene rings is 1. The number of nitrogens with zero attached hydrogens (tertiary/aromatic N) is 3. The molecule has 2 N–H and O–H groups in total. The lowest BCUT2D eigenvalue weighted by Crippen LogP contribution is -2.20. The smallest absolute Gasteiger partial charge is 0.209 e. The highest BCUT2D eigenvalue weighted by Crippen LogP contribution is 2.28. The third kappa shape index (κ3) is 3.46. The molecule has 1 heterocycles. The molecular weight excluding hydrogens is 272 g/mol. The van der Waals surface area contributed by atoms with Crippen LogP contribution >= 0.6 is 11.5 Å². The van der Waals surface area contributed by atoms with Crippen molar-refractivity contribution in [2.75, 3.05) is 25.1 Å². The molecule has 0 bridgehead atoms. The van der Waals surface area contributed by atoms with Gasteiger partial charge in [-0.2, -0.15) is 4.37 Å². The summed E-state index contributed by atoms with van der Waals surface area (Å²) in [5.74, 6) is 1.73. The third-order valence-electron chi connectivity index (χ3n) is 2.97. The molecule has 0 saturated heterocycles. The molecular formula is C14H20N4OS. The summed E-state index contributed by atoms with van der Waals surface area (Å²) in [5, 5.41) is 0.917. The fourth-order valence-electron chi connectivity index (χ4n) is 1.84. The van der Waals surface area contributed by atoms with Crippen LogP contribution in [0.15, 0.2) is 24.3 Å². The lowest BCUT2D eigenvalue weighted by Gasteiger charge is -2.21. The molecule has 20 heavy (non-hydrogen) atoms. The Morgan fingerprint density at radius 2 is 2.05 bits per heavy atom. The summed E-state index contributed by atoms with van der Waals surface area (Å²) in [6, 6.07) is 7.96. The van der Waals surface area contributed by atoms with Gasteiger partial charge >= 0.3 is 0 Å². The van der Waals surface area contributed by atoms with Crippen LogP contribution in [0.2, 0.25) is 0 Å². The fourth-order valence-corrected chi connectivity index (χ4v) is 2.64. The first-order valence-electron chi connectivity index (χ1n) is 6.72. The zero-order chi connectivity index (χ0) is 14.4. The van der Waals surface area contributed by atoms with Crippen molar-refractivity contribution in [2.24, 2.45) is 5.73 Å². The second kappa shape index (κ2) is 7.21. The topological polar surface area (TPSA) is 64.3 Å². The Balaban J connectivity index is 2.25. The molecule has 0 aliphatic carbocycles. The number of ether oxygens (including phenoxy) is 1. The first-order chi connectivity index (χ1) is 9.78. The molecule has 2 rings (SSSR count). The Kier molecular flexibility index (Phi) is 5.31. The monoisotopic (exact) mass is 292 g/mol. The van der Waals surface area contributed by atoms with Crippen LogP contribution in [0.25, 0.3) is 0 Å². The summed E-state index contributed by atoms with van der Waals surface area (Å²) >= 11 is 1.43. The molecule has 0 spiro atoms. The summed E-state index contributed by atoms with van der Waals surface area (Å²) in [5.41, 5.74) is 6.71. The third-order valence-corrected chi connectivity index (χ3v) is 3.75. The molecule has 6 heteroatoms. The van der Waals surface area contributed by atoms with Gasteiger partial charge in [-0.1, -0.05) is 6.92 Å². The largest absolute Gasteiger partial charge is 0.497 e. The second-order valence-electron chi connectivity index (χ2n) is 4.34. The van der Waals surface area contributed by atoms with E-state index in [2.05, 4.69) is 21.2 Å². The molecule has 1 aromatic heterocycles. The summed E-state index contributed by atoms with van der Waals surface area (Å²) in [7, 11) is 1.67. The number of nitrogens with two attached hydrogens (primary N) is 1. The SMILES string of the molecule is CCc1nsc(N(CCCN)c2ccc(OC)cc2)n1. The standard InChI is InChI=1S/C14H20N4OS/c1-3-13-16-14(20-17-13)18(10-4-9-15)11-5-7-12(19-2)8-6-11/h5-8H,3-4,9-10,15H2,1-2H3. The Labute approximate surface area is 123 Å². The van der Waals surface area contributed by atoms with Crippen LogP contribution in [0, 0.1) is 0 Å². The molecule has 0 amide bonds. The Hall–Kier alpha value is -1.66. The van der Waals surface area contributed by atoms with Gasteiger partial charge in [0.05, 0.1) is 7.11 Å². The summed E-state index contributed by atoms with van der Waals surface area (Å²) in [4.78, 5) is 6.72. The second-order valence-corrected chi connectivity index (χ2v) is 5.07. The summed E-state index contributed by atoms with van der Waals surface area (Å²) in [6.45, 7) is 3.55. The number of aromatic nitrogens is 2.